The summed E-state index contributed by atoms with van der Waals surface area (Å²) in [6.45, 7) is 10.1. The summed E-state index contributed by atoms with van der Waals surface area (Å²) in [6, 6.07) is 0. The number of aliphatic hydroxyl groups is 3. The average molecular weight is 517 g/mol. The van der Waals surface area contributed by atoms with E-state index in [-0.39, 0.29) is 24.9 Å². The fourth-order valence-electron chi connectivity index (χ4n) is 10.4. The number of carbonyl (C=O) groups excluding carboxylic acids is 2. The maximum absolute atomic E-state index is 14.1. The molecule has 3 fully saturated rings. The summed E-state index contributed by atoms with van der Waals surface area (Å²) >= 11 is 0. The number of allylic oxidation sites excluding steroid dienone is 2. The zero-order valence-electron chi connectivity index (χ0n) is 23.2. The first-order valence-electron chi connectivity index (χ1n) is 13.8. The normalized spacial score (nSPS) is 51.8. The first-order chi connectivity index (χ1) is 17.2. The maximum Gasteiger partial charge on any atom is 0.330 e. The van der Waals surface area contributed by atoms with Gasteiger partial charge in [0.05, 0.1) is 24.9 Å². The Hall–Kier alpha value is -1.70. The third-order valence-electron chi connectivity index (χ3n) is 12.3. The predicted molar refractivity (Wildman–Crippen MR) is 137 cm³/mol. The van der Waals surface area contributed by atoms with Crippen LogP contribution in [0.25, 0.3) is 0 Å². The molecule has 10 atom stereocenters. The maximum atomic E-state index is 14.1. The highest BCUT2D eigenvalue weighted by molar-refractivity contribution is 5.82. The van der Waals surface area contributed by atoms with Crippen LogP contribution in [-0.4, -0.2) is 58.8 Å². The highest BCUT2D eigenvalue weighted by Gasteiger charge is 2.80. The molecule has 0 radical (unpaired) electrons. The Labute approximate surface area is 220 Å². The van der Waals surface area contributed by atoms with Crippen LogP contribution < -0.4 is 0 Å². The fraction of sp³-hybridized carbons (Fsp3) is 0.800. The second-order valence-corrected chi connectivity index (χ2v) is 13.8. The van der Waals surface area contributed by atoms with Crippen LogP contribution in [0.2, 0.25) is 0 Å². The number of fused-ring (bicyclic) bond motifs is 7. The van der Waals surface area contributed by atoms with Crippen LogP contribution in [0.1, 0.15) is 79.6 Å². The van der Waals surface area contributed by atoms with E-state index in [9.17, 15) is 24.9 Å². The zero-order chi connectivity index (χ0) is 27.2. The molecule has 0 bridgehead atoms. The van der Waals surface area contributed by atoms with Crippen molar-refractivity contribution >= 4 is 11.9 Å². The molecule has 4 unspecified atom stereocenters. The third-order valence-corrected chi connectivity index (χ3v) is 12.3. The molecule has 4 aliphatic carbocycles. The van der Waals surface area contributed by atoms with Crippen LogP contribution in [0.5, 0.6) is 0 Å². The van der Waals surface area contributed by atoms with Crippen molar-refractivity contribution in [2.45, 2.75) is 97.4 Å². The molecule has 7 nitrogen and oxygen atoms in total. The zero-order valence-corrected chi connectivity index (χ0v) is 23.2. The van der Waals surface area contributed by atoms with Crippen LogP contribution in [0, 0.1) is 38.9 Å². The topological polar surface area (TPSA) is 113 Å². The Kier molecular flexibility index (Phi) is 5.93. The van der Waals surface area contributed by atoms with Gasteiger partial charge in [-0.05, 0) is 81.5 Å². The SMILES string of the molecule is COC(=O)[C@@]12CC[C@@]3(C)C4C=CC(=O)OC[C@]4(C(C)O)CC(O)C3[C@@]1(C)CC[C@@]1(C)CC=C(C)C[C@]12O. The lowest BCUT2D eigenvalue weighted by Gasteiger charge is -2.75. The predicted octanol–water partition coefficient (Wildman–Crippen LogP) is 3.70. The summed E-state index contributed by atoms with van der Waals surface area (Å²) < 4.78 is 11.0. The minimum atomic E-state index is -1.32. The Morgan fingerprint density at radius 3 is 2.54 bits per heavy atom. The molecule has 0 spiro atoms. The van der Waals surface area contributed by atoms with Crippen molar-refractivity contribution in [2.75, 3.05) is 13.7 Å². The average Bonchev–Trinajstić information content (AvgIpc) is 3.00. The number of aliphatic hydroxyl groups excluding tert-OH is 2. The van der Waals surface area contributed by atoms with E-state index in [0.29, 0.717) is 32.1 Å². The lowest BCUT2D eigenvalue weighted by Crippen LogP contribution is -2.78. The summed E-state index contributed by atoms with van der Waals surface area (Å²) in [6.07, 6.45) is 7.54. The van der Waals surface area contributed by atoms with Crippen molar-refractivity contribution in [3.8, 4) is 0 Å². The molecular formula is C30H44O7. The monoisotopic (exact) mass is 516 g/mol. The quantitative estimate of drug-likeness (QED) is 0.379. The summed E-state index contributed by atoms with van der Waals surface area (Å²) in [5.41, 5.74) is -4.09. The smallest absolute Gasteiger partial charge is 0.330 e. The number of hydrogen-bond acceptors (Lipinski definition) is 7. The van der Waals surface area contributed by atoms with Crippen molar-refractivity contribution in [1.29, 1.82) is 0 Å². The van der Waals surface area contributed by atoms with Gasteiger partial charge in [-0.2, -0.15) is 0 Å². The Morgan fingerprint density at radius 2 is 1.89 bits per heavy atom. The summed E-state index contributed by atoms with van der Waals surface area (Å²) in [5, 5.41) is 35.9. The first-order valence-corrected chi connectivity index (χ1v) is 13.8. The molecule has 0 amide bonds. The van der Waals surface area contributed by atoms with E-state index in [2.05, 4.69) is 26.8 Å². The fourth-order valence-corrected chi connectivity index (χ4v) is 10.4. The second kappa shape index (κ2) is 8.15. The Morgan fingerprint density at radius 1 is 1.19 bits per heavy atom. The van der Waals surface area contributed by atoms with Gasteiger partial charge in [0.2, 0.25) is 0 Å². The molecule has 0 aromatic rings. The molecule has 7 heteroatoms. The molecule has 37 heavy (non-hydrogen) atoms. The van der Waals surface area contributed by atoms with E-state index in [0.717, 1.165) is 12.0 Å². The number of hydrogen-bond donors (Lipinski definition) is 3. The molecule has 0 aromatic carbocycles. The van der Waals surface area contributed by atoms with Crippen LogP contribution in [0.15, 0.2) is 23.8 Å². The van der Waals surface area contributed by atoms with Gasteiger partial charge in [-0.1, -0.05) is 38.5 Å². The van der Waals surface area contributed by atoms with Gasteiger partial charge in [0.1, 0.15) is 12.0 Å². The highest BCUT2D eigenvalue weighted by atomic mass is 16.5. The second-order valence-electron chi connectivity index (χ2n) is 13.8. The summed E-state index contributed by atoms with van der Waals surface area (Å²) in [5.74, 6) is -1.44. The van der Waals surface area contributed by atoms with Gasteiger partial charge in [0, 0.05) is 16.9 Å². The molecule has 3 N–H and O–H groups in total. The summed E-state index contributed by atoms with van der Waals surface area (Å²) in [7, 11) is 1.40. The van der Waals surface area contributed by atoms with Crippen molar-refractivity contribution in [3.05, 3.63) is 23.8 Å². The van der Waals surface area contributed by atoms with Gasteiger partial charge >= 0.3 is 11.9 Å². The van der Waals surface area contributed by atoms with E-state index >= 15 is 0 Å². The van der Waals surface area contributed by atoms with Gasteiger partial charge in [0.25, 0.3) is 0 Å². The molecule has 206 valence electrons. The van der Waals surface area contributed by atoms with E-state index in [4.69, 9.17) is 9.47 Å². The van der Waals surface area contributed by atoms with Crippen LogP contribution >= 0.6 is 0 Å². The number of esters is 2. The van der Waals surface area contributed by atoms with Crippen molar-refractivity contribution < 1.29 is 34.4 Å². The van der Waals surface area contributed by atoms with Crippen molar-refractivity contribution in [3.63, 3.8) is 0 Å². The van der Waals surface area contributed by atoms with Gasteiger partial charge in [-0.15, -0.1) is 0 Å². The standard InChI is InChI=1S/C30H44O7/c1-18-9-10-25(3)11-13-27(5)23-20(32)16-28(19(2)31)17-37-22(33)8-7-21(28)26(23,4)12-14-29(27,24(34)36-6)30(25,35)15-18/h7-9,19-21,23,31-32,35H,10-17H2,1-6H3/t19?,20?,21?,23?,25-,26+,27-,28+,29+,30+/m1/s1. The van der Waals surface area contributed by atoms with E-state index in [1.54, 1.807) is 6.92 Å². The lowest BCUT2D eigenvalue weighted by molar-refractivity contribution is -0.318. The lowest BCUT2D eigenvalue weighted by atomic mass is 9.29. The van der Waals surface area contributed by atoms with Gasteiger partial charge in [-0.3, -0.25) is 4.79 Å². The van der Waals surface area contributed by atoms with Gasteiger partial charge in [-0.25, -0.2) is 4.79 Å². The van der Waals surface area contributed by atoms with Crippen LogP contribution in [0.4, 0.5) is 0 Å². The highest BCUT2D eigenvalue weighted by Crippen LogP contribution is 2.78. The van der Waals surface area contributed by atoms with Crippen LogP contribution in [-0.2, 0) is 19.1 Å². The molecule has 1 aliphatic heterocycles. The van der Waals surface area contributed by atoms with E-state index in [1.165, 1.54) is 13.2 Å². The number of rotatable bonds is 2. The first kappa shape index (κ1) is 26.9. The largest absolute Gasteiger partial charge is 0.468 e. The summed E-state index contributed by atoms with van der Waals surface area (Å²) in [4.78, 5) is 26.4. The minimum absolute atomic E-state index is 0.0331. The van der Waals surface area contributed by atoms with Crippen LogP contribution in [0.3, 0.4) is 0 Å². The molecule has 0 aromatic heterocycles. The molecule has 1 heterocycles. The molecule has 0 saturated heterocycles. The molecule has 3 saturated carbocycles. The molecule has 5 rings (SSSR count). The number of ether oxygens (including phenoxy) is 2. The number of carbonyl (C=O) groups is 2. The number of cyclic esters (lactones) is 1. The Balaban J connectivity index is 1.73. The number of methoxy groups -OCH3 is 1. The van der Waals surface area contributed by atoms with Gasteiger partial charge in [0.15, 0.2) is 0 Å². The van der Waals surface area contributed by atoms with Gasteiger partial charge < -0.3 is 24.8 Å². The third kappa shape index (κ3) is 3.05. The van der Waals surface area contributed by atoms with Crippen molar-refractivity contribution in [1.82, 2.24) is 0 Å². The molecule has 5 aliphatic rings. The molecular weight excluding hydrogens is 472 g/mol. The van der Waals surface area contributed by atoms with Crippen molar-refractivity contribution in [2.24, 2.45) is 38.9 Å². The Bertz CT molecular complexity index is 1060. The van der Waals surface area contributed by atoms with E-state index < -0.39 is 56.8 Å². The minimum Gasteiger partial charge on any atom is -0.468 e. The van der Waals surface area contributed by atoms with E-state index in [1.807, 2.05) is 13.0 Å².